The fraction of sp³-hybridized carbons (Fsp3) is 0.105. The van der Waals surface area contributed by atoms with Gasteiger partial charge in [0.15, 0.2) is 0 Å². The van der Waals surface area contributed by atoms with E-state index in [0.717, 1.165) is 28.3 Å². The smallest absolute Gasteiger partial charge is 0.272 e. The van der Waals surface area contributed by atoms with Gasteiger partial charge < -0.3 is 15.0 Å². The maximum Gasteiger partial charge on any atom is 0.272 e. The Morgan fingerprint density at radius 1 is 1.19 bits per heavy atom. The van der Waals surface area contributed by atoms with Gasteiger partial charge in [0.25, 0.3) is 5.91 Å². The highest BCUT2D eigenvalue weighted by Crippen LogP contribution is 2.22. The zero-order valence-corrected chi connectivity index (χ0v) is 14.4. The van der Waals surface area contributed by atoms with Crippen molar-refractivity contribution in [1.82, 2.24) is 19.5 Å². The predicted molar refractivity (Wildman–Crippen MR) is 98.9 cm³/mol. The van der Waals surface area contributed by atoms with Crippen molar-refractivity contribution in [2.75, 3.05) is 12.4 Å². The molecular formula is C19H17N5O2. The largest absolute Gasteiger partial charge is 0.497 e. The SMILES string of the molecule is COc1ccc2cc(C(=O)Nc3ccc(-n4ccnc4C)nc3)[nH]c2c1. The molecule has 0 radical (unpaired) electrons. The number of methoxy groups -OCH3 is 1. The van der Waals surface area contributed by atoms with Crippen molar-refractivity contribution in [3.8, 4) is 11.6 Å². The van der Waals surface area contributed by atoms with Gasteiger partial charge in [-0.15, -0.1) is 0 Å². The van der Waals surface area contributed by atoms with Gasteiger partial charge in [0, 0.05) is 29.4 Å². The molecule has 4 rings (SSSR count). The minimum Gasteiger partial charge on any atom is -0.497 e. The molecule has 0 bridgehead atoms. The van der Waals surface area contributed by atoms with Crippen molar-refractivity contribution >= 4 is 22.5 Å². The van der Waals surface area contributed by atoms with Crippen molar-refractivity contribution in [2.45, 2.75) is 6.92 Å². The normalized spacial score (nSPS) is 10.8. The summed E-state index contributed by atoms with van der Waals surface area (Å²) in [5.41, 5.74) is 1.94. The Bertz CT molecular complexity index is 1080. The number of aromatic nitrogens is 4. The fourth-order valence-electron chi connectivity index (χ4n) is 2.78. The Balaban J connectivity index is 1.53. The molecule has 0 aliphatic carbocycles. The molecule has 0 spiro atoms. The monoisotopic (exact) mass is 347 g/mol. The maximum atomic E-state index is 12.5. The summed E-state index contributed by atoms with van der Waals surface area (Å²) in [6.07, 6.45) is 5.19. The van der Waals surface area contributed by atoms with Crippen LogP contribution in [0.5, 0.6) is 5.75 Å². The lowest BCUT2D eigenvalue weighted by Crippen LogP contribution is -2.12. The number of nitrogens with zero attached hydrogens (tertiary/aromatic N) is 3. The molecule has 3 heterocycles. The van der Waals surface area contributed by atoms with Crippen LogP contribution >= 0.6 is 0 Å². The number of pyridine rings is 1. The summed E-state index contributed by atoms with van der Waals surface area (Å²) < 4.78 is 7.07. The lowest BCUT2D eigenvalue weighted by atomic mass is 10.2. The number of hydrogen-bond acceptors (Lipinski definition) is 4. The summed E-state index contributed by atoms with van der Waals surface area (Å²) in [7, 11) is 1.61. The number of nitrogens with one attached hydrogen (secondary N) is 2. The van der Waals surface area contributed by atoms with Crippen molar-refractivity contribution in [1.29, 1.82) is 0 Å². The highest BCUT2D eigenvalue weighted by molar-refractivity contribution is 6.05. The molecule has 26 heavy (non-hydrogen) atoms. The topological polar surface area (TPSA) is 84.8 Å². The van der Waals surface area contributed by atoms with Crippen molar-refractivity contribution in [3.63, 3.8) is 0 Å². The Morgan fingerprint density at radius 3 is 2.77 bits per heavy atom. The number of benzene rings is 1. The van der Waals surface area contributed by atoms with Gasteiger partial charge in [0.05, 0.1) is 19.0 Å². The molecule has 2 N–H and O–H groups in total. The lowest BCUT2D eigenvalue weighted by molar-refractivity contribution is 0.102. The number of carbonyl (C=O) groups is 1. The second kappa shape index (κ2) is 6.36. The maximum absolute atomic E-state index is 12.5. The molecule has 0 aliphatic rings. The van der Waals surface area contributed by atoms with Crippen molar-refractivity contribution in [3.05, 3.63) is 66.5 Å². The van der Waals surface area contributed by atoms with Crippen LogP contribution in [0.25, 0.3) is 16.7 Å². The molecule has 0 fully saturated rings. The van der Waals surface area contributed by atoms with E-state index < -0.39 is 0 Å². The number of anilines is 1. The van der Waals surface area contributed by atoms with Crippen LogP contribution in [0, 0.1) is 6.92 Å². The molecule has 3 aromatic heterocycles. The van der Waals surface area contributed by atoms with Gasteiger partial charge in [0.2, 0.25) is 0 Å². The second-order valence-corrected chi connectivity index (χ2v) is 5.84. The van der Waals surface area contributed by atoms with Gasteiger partial charge in [-0.1, -0.05) is 0 Å². The lowest BCUT2D eigenvalue weighted by Gasteiger charge is -2.06. The quantitative estimate of drug-likeness (QED) is 0.593. The highest BCUT2D eigenvalue weighted by atomic mass is 16.5. The molecule has 0 aliphatic heterocycles. The van der Waals surface area contributed by atoms with Crippen LogP contribution in [-0.2, 0) is 0 Å². The highest BCUT2D eigenvalue weighted by Gasteiger charge is 2.11. The summed E-state index contributed by atoms with van der Waals surface area (Å²) in [5.74, 6) is 2.10. The molecular weight excluding hydrogens is 330 g/mol. The van der Waals surface area contributed by atoms with E-state index in [1.807, 2.05) is 48.0 Å². The van der Waals surface area contributed by atoms with E-state index >= 15 is 0 Å². The number of aryl methyl sites for hydroxylation is 1. The van der Waals surface area contributed by atoms with E-state index in [0.29, 0.717) is 11.4 Å². The first kappa shape index (κ1) is 15.9. The number of H-pyrrole nitrogens is 1. The number of rotatable bonds is 4. The predicted octanol–water partition coefficient (Wildman–Crippen LogP) is 3.32. The molecule has 4 aromatic rings. The van der Waals surface area contributed by atoms with Gasteiger partial charge in [-0.2, -0.15) is 0 Å². The van der Waals surface area contributed by atoms with E-state index in [9.17, 15) is 4.79 Å². The first-order valence-corrected chi connectivity index (χ1v) is 8.08. The van der Waals surface area contributed by atoms with E-state index in [4.69, 9.17) is 4.74 Å². The van der Waals surface area contributed by atoms with Crippen LogP contribution in [0.15, 0.2) is 55.0 Å². The number of ether oxygens (including phenoxy) is 1. The third-order valence-electron chi connectivity index (χ3n) is 4.15. The number of imidazole rings is 1. The average molecular weight is 347 g/mol. The zero-order valence-electron chi connectivity index (χ0n) is 14.4. The van der Waals surface area contributed by atoms with Gasteiger partial charge >= 0.3 is 0 Å². The minimum absolute atomic E-state index is 0.228. The number of fused-ring (bicyclic) bond motifs is 1. The third-order valence-corrected chi connectivity index (χ3v) is 4.15. The van der Waals surface area contributed by atoms with E-state index in [2.05, 4.69) is 20.3 Å². The molecule has 130 valence electrons. The molecule has 0 atom stereocenters. The van der Waals surface area contributed by atoms with Gasteiger partial charge in [-0.25, -0.2) is 9.97 Å². The number of aromatic amines is 1. The fourth-order valence-corrected chi connectivity index (χ4v) is 2.78. The zero-order chi connectivity index (χ0) is 18.1. The van der Waals surface area contributed by atoms with Gasteiger partial charge in [-0.05, 0) is 37.3 Å². The van der Waals surface area contributed by atoms with Crippen LogP contribution in [0.4, 0.5) is 5.69 Å². The summed E-state index contributed by atoms with van der Waals surface area (Å²) in [5, 5.41) is 3.79. The first-order chi connectivity index (χ1) is 12.6. The second-order valence-electron chi connectivity index (χ2n) is 5.84. The molecule has 0 saturated carbocycles. The molecule has 1 amide bonds. The van der Waals surface area contributed by atoms with E-state index in [-0.39, 0.29) is 5.91 Å². The Kier molecular flexibility index (Phi) is 3.89. The van der Waals surface area contributed by atoms with Crippen LogP contribution in [0.1, 0.15) is 16.3 Å². The molecule has 1 aromatic carbocycles. The third kappa shape index (κ3) is 2.90. The summed E-state index contributed by atoms with van der Waals surface area (Å²) in [6, 6.07) is 11.1. The average Bonchev–Trinajstić information content (AvgIpc) is 3.27. The summed E-state index contributed by atoms with van der Waals surface area (Å²) in [4.78, 5) is 24.1. The number of carbonyl (C=O) groups excluding carboxylic acids is 1. The van der Waals surface area contributed by atoms with Crippen LogP contribution < -0.4 is 10.1 Å². The molecule has 7 heteroatoms. The standard InChI is InChI=1S/C19H17N5O2/c1-12-20-7-8-24(12)18-6-4-14(11-21-18)22-19(25)17-9-13-3-5-15(26-2)10-16(13)23-17/h3-11,23H,1-2H3,(H,22,25). The van der Waals surface area contributed by atoms with Crippen molar-refractivity contribution < 1.29 is 9.53 Å². The Morgan fingerprint density at radius 2 is 2.08 bits per heavy atom. The molecule has 0 unspecified atom stereocenters. The van der Waals surface area contributed by atoms with Crippen LogP contribution in [-0.4, -0.2) is 32.5 Å². The van der Waals surface area contributed by atoms with Crippen LogP contribution in [0.2, 0.25) is 0 Å². The molecule has 0 saturated heterocycles. The van der Waals surface area contributed by atoms with E-state index in [1.54, 1.807) is 25.6 Å². The summed E-state index contributed by atoms with van der Waals surface area (Å²) >= 11 is 0. The van der Waals surface area contributed by atoms with Crippen LogP contribution in [0.3, 0.4) is 0 Å². The van der Waals surface area contributed by atoms with Gasteiger partial charge in [0.1, 0.15) is 23.1 Å². The molecule has 7 nitrogen and oxygen atoms in total. The first-order valence-electron chi connectivity index (χ1n) is 8.08. The van der Waals surface area contributed by atoms with E-state index in [1.165, 1.54) is 0 Å². The number of amides is 1. The number of hydrogen-bond donors (Lipinski definition) is 2. The Hall–Kier alpha value is -3.61. The summed E-state index contributed by atoms with van der Waals surface area (Å²) in [6.45, 7) is 1.91. The van der Waals surface area contributed by atoms with Gasteiger partial charge in [-0.3, -0.25) is 9.36 Å². The minimum atomic E-state index is -0.228. The van der Waals surface area contributed by atoms with Crippen molar-refractivity contribution in [2.24, 2.45) is 0 Å². The Labute approximate surface area is 149 Å².